The van der Waals surface area contributed by atoms with Crippen molar-refractivity contribution in [3.8, 4) is 0 Å². The SMILES string of the molecule is CC[C@@H](C(=O)Nc1cc(C(=O)Nc2ccccc2C)ccc1Cl)c1ccccc1. The maximum Gasteiger partial charge on any atom is 0.255 e. The Labute approximate surface area is 175 Å². The van der Waals surface area contributed by atoms with Gasteiger partial charge in [-0.25, -0.2) is 0 Å². The summed E-state index contributed by atoms with van der Waals surface area (Å²) in [4.78, 5) is 25.5. The normalized spacial score (nSPS) is 11.6. The topological polar surface area (TPSA) is 58.2 Å². The molecule has 1 atom stereocenters. The molecule has 2 N–H and O–H groups in total. The number of aryl methyl sites for hydroxylation is 1. The van der Waals surface area contributed by atoms with Crippen LogP contribution in [0, 0.1) is 6.92 Å². The van der Waals surface area contributed by atoms with E-state index >= 15 is 0 Å². The van der Waals surface area contributed by atoms with Crippen molar-refractivity contribution < 1.29 is 9.59 Å². The van der Waals surface area contributed by atoms with Crippen molar-refractivity contribution in [3.05, 3.63) is 94.5 Å². The van der Waals surface area contributed by atoms with Gasteiger partial charge >= 0.3 is 0 Å². The minimum Gasteiger partial charge on any atom is -0.324 e. The lowest BCUT2D eigenvalue weighted by atomic mass is 9.95. The van der Waals surface area contributed by atoms with Gasteiger partial charge in [-0.15, -0.1) is 0 Å². The fraction of sp³-hybridized carbons (Fsp3) is 0.167. The molecule has 0 aliphatic rings. The molecule has 148 valence electrons. The molecule has 4 nitrogen and oxygen atoms in total. The Hall–Kier alpha value is -3.11. The molecule has 0 saturated carbocycles. The number of nitrogens with one attached hydrogen (secondary N) is 2. The smallest absolute Gasteiger partial charge is 0.255 e. The largest absolute Gasteiger partial charge is 0.324 e. The van der Waals surface area contributed by atoms with Crippen molar-refractivity contribution in [3.63, 3.8) is 0 Å². The molecule has 0 spiro atoms. The predicted octanol–water partition coefficient (Wildman–Crippen LogP) is 6.03. The van der Waals surface area contributed by atoms with Gasteiger partial charge < -0.3 is 10.6 Å². The second-order valence-corrected chi connectivity index (χ2v) is 7.23. The van der Waals surface area contributed by atoms with Crippen molar-refractivity contribution in [1.82, 2.24) is 0 Å². The number of hydrogen-bond donors (Lipinski definition) is 2. The predicted molar refractivity (Wildman–Crippen MR) is 119 cm³/mol. The summed E-state index contributed by atoms with van der Waals surface area (Å²) in [6.45, 7) is 3.89. The fourth-order valence-corrected chi connectivity index (χ4v) is 3.31. The van der Waals surface area contributed by atoms with E-state index < -0.39 is 0 Å². The molecule has 0 bridgehead atoms. The fourth-order valence-electron chi connectivity index (χ4n) is 3.15. The van der Waals surface area contributed by atoms with Crippen molar-refractivity contribution in [1.29, 1.82) is 0 Å². The number of carbonyl (C=O) groups is 2. The summed E-state index contributed by atoms with van der Waals surface area (Å²) in [5.41, 5.74) is 3.49. The van der Waals surface area contributed by atoms with Gasteiger partial charge in [0.1, 0.15) is 0 Å². The molecule has 3 aromatic carbocycles. The lowest BCUT2D eigenvalue weighted by molar-refractivity contribution is -0.117. The van der Waals surface area contributed by atoms with Crippen molar-refractivity contribution in [2.24, 2.45) is 0 Å². The molecule has 2 amide bonds. The molecule has 5 heteroatoms. The van der Waals surface area contributed by atoms with Crippen LogP contribution in [0.3, 0.4) is 0 Å². The Morgan fingerprint density at radius 3 is 2.28 bits per heavy atom. The summed E-state index contributed by atoms with van der Waals surface area (Å²) in [7, 11) is 0. The maximum atomic E-state index is 12.8. The number of benzene rings is 3. The van der Waals surface area contributed by atoms with Crippen LogP contribution in [0.4, 0.5) is 11.4 Å². The van der Waals surface area contributed by atoms with Gasteiger partial charge in [0, 0.05) is 11.3 Å². The molecule has 0 heterocycles. The quantitative estimate of drug-likeness (QED) is 0.524. The summed E-state index contributed by atoms with van der Waals surface area (Å²) in [5.74, 6) is -0.713. The van der Waals surface area contributed by atoms with Crippen LogP contribution < -0.4 is 10.6 Å². The third kappa shape index (κ3) is 5.04. The Morgan fingerprint density at radius 2 is 1.59 bits per heavy atom. The van der Waals surface area contributed by atoms with E-state index in [1.807, 2.05) is 68.4 Å². The number of amides is 2. The summed E-state index contributed by atoms with van der Waals surface area (Å²) in [6, 6.07) is 22.0. The monoisotopic (exact) mass is 406 g/mol. The second-order valence-electron chi connectivity index (χ2n) is 6.82. The van der Waals surface area contributed by atoms with E-state index in [1.54, 1.807) is 18.2 Å². The van der Waals surface area contributed by atoms with Crippen LogP contribution in [0.1, 0.15) is 40.7 Å². The van der Waals surface area contributed by atoms with E-state index in [4.69, 9.17) is 11.6 Å². The first-order valence-electron chi connectivity index (χ1n) is 9.52. The average molecular weight is 407 g/mol. The van der Waals surface area contributed by atoms with Gasteiger partial charge in [0.25, 0.3) is 5.91 Å². The highest BCUT2D eigenvalue weighted by atomic mass is 35.5. The Morgan fingerprint density at radius 1 is 0.897 bits per heavy atom. The summed E-state index contributed by atoms with van der Waals surface area (Å²) < 4.78 is 0. The standard InChI is InChI=1S/C24H23ClN2O2/c1-3-19(17-10-5-4-6-11-17)24(29)27-22-15-18(13-14-20(22)25)23(28)26-21-12-8-7-9-16(21)2/h4-15,19H,3H2,1-2H3,(H,26,28)(H,27,29)/t19-/m1/s1. The lowest BCUT2D eigenvalue weighted by Gasteiger charge is -2.17. The van der Waals surface area contributed by atoms with Gasteiger partial charge in [-0.3, -0.25) is 9.59 Å². The van der Waals surface area contributed by atoms with E-state index in [-0.39, 0.29) is 17.7 Å². The average Bonchev–Trinajstić information content (AvgIpc) is 2.72. The van der Waals surface area contributed by atoms with E-state index in [9.17, 15) is 9.59 Å². The Kier molecular flexibility index (Phi) is 6.68. The number of carbonyl (C=O) groups excluding carboxylic acids is 2. The van der Waals surface area contributed by atoms with Gasteiger partial charge in [0.2, 0.25) is 5.91 Å². The van der Waals surface area contributed by atoms with Crippen molar-refractivity contribution >= 4 is 34.8 Å². The first kappa shape index (κ1) is 20.6. The number of rotatable bonds is 6. The molecule has 0 aromatic heterocycles. The highest BCUT2D eigenvalue weighted by Crippen LogP contribution is 2.27. The Bertz CT molecular complexity index is 1020. The molecule has 0 radical (unpaired) electrons. The zero-order valence-electron chi connectivity index (χ0n) is 16.4. The molecule has 0 unspecified atom stereocenters. The van der Waals surface area contributed by atoms with Gasteiger partial charge in [0.15, 0.2) is 0 Å². The highest BCUT2D eigenvalue weighted by Gasteiger charge is 2.20. The van der Waals surface area contributed by atoms with E-state index in [0.717, 1.165) is 16.8 Å². The van der Waals surface area contributed by atoms with Crippen LogP contribution in [-0.4, -0.2) is 11.8 Å². The highest BCUT2D eigenvalue weighted by molar-refractivity contribution is 6.34. The van der Waals surface area contributed by atoms with Crippen LogP contribution >= 0.6 is 11.6 Å². The molecule has 3 aromatic rings. The minimum absolute atomic E-state index is 0.155. The van der Waals surface area contributed by atoms with Crippen molar-refractivity contribution in [2.45, 2.75) is 26.2 Å². The molecular weight excluding hydrogens is 384 g/mol. The molecule has 0 aliphatic carbocycles. The van der Waals surface area contributed by atoms with Gasteiger partial charge in [0.05, 0.1) is 16.6 Å². The zero-order valence-corrected chi connectivity index (χ0v) is 17.2. The van der Waals surface area contributed by atoms with Crippen LogP contribution in [0.5, 0.6) is 0 Å². The van der Waals surface area contributed by atoms with Crippen LogP contribution in [-0.2, 0) is 4.79 Å². The molecule has 0 saturated heterocycles. The summed E-state index contributed by atoms with van der Waals surface area (Å²) in [5, 5.41) is 6.15. The molecule has 29 heavy (non-hydrogen) atoms. The zero-order chi connectivity index (χ0) is 20.8. The summed E-state index contributed by atoms with van der Waals surface area (Å²) >= 11 is 6.28. The number of para-hydroxylation sites is 1. The Balaban J connectivity index is 1.79. The van der Waals surface area contributed by atoms with Gasteiger partial charge in [-0.05, 0) is 48.7 Å². The van der Waals surface area contributed by atoms with E-state index in [2.05, 4.69) is 10.6 Å². The minimum atomic E-state index is -0.295. The molecule has 3 rings (SSSR count). The third-order valence-corrected chi connectivity index (χ3v) is 5.14. The first-order chi connectivity index (χ1) is 14.0. The molecule has 0 aliphatic heterocycles. The van der Waals surface area contributed by atoms with Crippen molar-refractivity contribution in [2.75, 3.05) is 10.6 Å². The van der Waals surface area contributed by atoms with Crippen LogP contribution in [0.2, 0.25) is 5.02 Å². The maximum absolute atomic E-state index is 12.8. The number of halogens is 1. The third-order valence-electron chi connectivity index (χ3n) is 4.81. The van der Waals surface area contributed by atoms with Gasteiger partial charge in [-0.2, -0.15) is 0 Å². The molecular formula is C24H23ClN2O2. The van der Waals surface area contributed by atoms with E-state index in [0.29, 0.717) is 22.7 Å². The first-order valence-corrected chi connectivity index (χ1v) is 9.89. The van der Waals surface area contributed by atoms with Crippen LogP contribution in [0.15, 0.2) is 72.8 Å². The summed E-state index contributed by atoms with van der Waals surface area (Å²) in [6.07, 6.45) is 0.654. The molecule has 0 fully saturated rings. The van der Waals surface area contributed by atoms with Crippen LogP contribution in [0.25, 0.3) is 0 Å². The second kappa shape index (κ2) is 9.39. The lowest BCUT2D eigenvalue weighted by Crippen LogP contribution is -2.21. The van der Waals surface area contributed by atoms with Gasteiger partial charge in [-0.1, -0.05) is 67.1 Å². The number of anilines is 2. The number of hydrogen-bond acceptors (Lipinski definition) is 2. The van der Waals surface area contributed by atoms with E-state index in [1.165, 1.54) is 0 Å².